The molecule has 0 fully saturated rings. The van der Waals surface area contributed by atoms with Crippen LogP contribution < -0.4 is 5.43 Å². The largest absolute Gasteiger partial charge is 0.456 e. The van der Waals surface area contributed by atoms with E-state index in [1.165, 1.54) is 24.3 Å². The summed E-state index contributed by atoms with van der Waals surface area (Å²) in [5.41, 5.74) is 1.59. The lowest BCUT2D eigenvalue weighted by Crippen LogP contribution is -2.06. The Morgan fingerprint density at radius 3 is 2.17 bits per heavy atom. The standard InChI is InChI=1S/C20H14O8S2/c1-11-2-5-14-17(8-11)28-18-9-12(21)3-6-15(18)20(14)16-7-4-13(29(22,23)24)10-19(16)30(25,26)27/h2-10H,1H3,(H,22,23,24)(H,25,26,27). The third-order valence-corrected chi connectivity index (χ3v) is 6.39. The lowest BCUT2D eigenvalue weighted by molar-refractivity contribution is 0.481. The highest BCUT2D eigenvalue weighted by Gasteiger charge is 2.26. The number of hydrogen-bond donors (Lipinski definition) is 2. The van der Waals surface area contributed by atoms with Crippen molar-refractivity contribution in [3.63, 3.8) is 0 Å². The summed E-state index contributed by atoms with van der Waals surface area (Å²) in [4.78, 5) is 10.4. The molecule has 4 rings (SSSR count). The summed E-state index contributed by atoms with van der Waals surface area (Å²) >= 11 is 0. The lowest BCUT2D eigenvalue weighted by atomic mass is 9.93. The van der Waals surface area contributed by atoms with Crippen molar-refractivity contribution in [1.29, 1.82) is 0 Å². The van der Waals surface area contributed by atoms with Crippen LogP contribution in [0.2, 0.25) is 0 Å². The monoisotopic (exact) mass is 446 g/mol. The molecule has 2 aromatic carbocycles. The molecule has 0 amide bonds. The third-order valence-electron chi connectivity index (χ3n) is 4.65. The molecule has 0 bridgehead atoms. The molecule has 0 saturated heterocycles. The van der Waals surface area contributed by atoms with E-state index in [0.717, 1.165) is 11.6 Å². The maximum absolute atomic E-state index is 12.1. The highest BCUT2D eigenvalue weighted by Crippen LogP contribution is 2.42. The van der Waals surface area contributed by atoms with Crippen LogP contribution in [0.15, 0.2) is 73.6 Å². The Balaban J connectivity index is 2.22. The first kappa shape index (κ1) is 20.2. The molecular weight excluding hydrogens is 432 g/mol. The predicted octanol–water partition coefficient (Wildman–Crippen LogP) is 3.37. The normalized spacial score (nSPS) is 12.5. The van der Waals surface area contributed by atoms with Crippen LogP contribution >= 0.6 is 0 Å². The molecule has 0 unspecified atom stereocenters. The Morgan fingerprint density at radius 1 is 0.800 bits per heavy atom. The molecule has 0 atom stereocenters. The summed E-state index contributed by atoms with van der Waals surface area (Å²) in [5, 5.41) is 0.483. The maximum Gasteiger partial charge on any atom is 0.295 e. The van der Waals surface area contributed by atoms with Gasteiger partial charge in [0.2, 0.25) is 0 Å². The first-order valence-electron chi connectivity index (χ1n) is 8.52. The lowest BCUT2D eigenvalue weighted by Gasteiger charge is -2.17. The summed E-state index contributed by atoms with van der Waals surface area (Å²) in [7, 11) is -9.60. The summed E-state index contributed by atoms with van der Waals surface area (Å²) in [6.07, 6.45) is 0. The van der Waals surface area contributed by atoms with Crippen LogP contribution in [0.1, 0.15) is 5.56 Å². The molecular formula is C20H14O8S2. The zero-order valence-electron chi connectivity index (χ0n) is 15.4. The van der Waals surface area contributed by atoms with Crippen molar-refractivity contribution in [3.05, 3.63) is 70.4 Å². The summed E-state index contributed by atoms with van der Waals surface area (Å²) in [6, 6.07) is 12.0. The van der Waals surface area contributed by atoms with Crippen LogP contribution in [0.25, 0.3) is 33.4 Å². The molecule has 1 heterocycles. The average molecular weight is 446 g/mol. The highest BCUT2D eigenvalue weighted by atomic mass is 32.2. The zero-order valence-corrected chi connectivity index (χ0v) is 17.0. The molecule has 154 valence electrons. The molecule has 2 aliphatic rings. The van der Waals surface area contributed by atoms with Gasteiger partial charge in [0, 0.05) is 28.1 Å². The fourth-order valence-corrected chi connectivity index (χ4v) is 4.66. The van der Waals surface area contributed by atoms with Gasteiger partial charge in [-0.1, -0.05) is 18.2 Å². The molecule has 2 aromatic rings. The van der Waals surface area contributed by atoms with Gasteiger partial charge in [-0.3, -0.25) is 13.9 Å². The second-order valence-corrected chi connectivity index (χ2v) is 9.55. The Kier molecular flexibility index (Phi) is 4.55. The fraction of sp³-hybridized carbons (Fsp3) is 0.0500. The summed E-state index contributed by atoms with van der Waals surface area (Å²) < 4.78 is 72.1. The van der Waals surface area contributed by atoms with Crippen LogP contribution in [0.3, 0.4) is 0 Å². The topological polar surface area (TPSA) is 139 Å². The molecule has 2 N–H and O–H groups in total. The van der Waals surface area contributed by atoms with E-state index in [4.69, 9.17) is 4.42 Å². The van der Waals surface area contributed by atoms with Crippen molar-refractivity contribution in [2.45, 2.75) is 16.7 Å². The van der Waals surface area contributed by atoms with Crippen molar-refractivity contribution >= 4 is 31.2 Å². The van der Waals surface area contributed by atoms with Gasteiger partial charge in [-0.05, 0) is 42.8 Å². The van der Waals surface area contributed by atoms with Crippen molar-refractivity contribution in [2.75, 3.05) is 0 Å². The first-order valence-corrected chi connectivity index (χ1v) is 11.4. The van der Waals surface area contributed by atoms with Crippen molar-refractivity contribution in [1.82, 2.24) is 0 Å². The van der Waals surface area contributed by atoms with Crippen LogP contribution in [0.5, 0.6) is 0 Å². The van der Waals surface area contributed by atoms with Crippen molar-refractivity contribution in [3.8, 4) is 22.5 Å². The van der Waals surface area contributed by atoms with E-state index in [1.54, 1.807) is 18.2 Å². The number of fused-ring (bicyclic) bond motifs is 2. The fourth-order valence-electron chi connectivity index (χ4n) is 3.35. The Bertz CT molecular complexity index is 1560. The Hall–Kier alpha value is -3.05. The number of rotatable bonds is 3. The molecule has 10 heteroatoms. The van der Waals surface area contributed by atoms with Gasteiger partial charge in [0.1, 0.15) is 16.2 Å². The van der Waals surface area contributed by atoms with E-state index in [2.05, 4.69) is 0 Å². The molecule has 30 heavy (non-hydrogen) atoms. The van der Waals surface area contributed by atoms with Gasteiger partial charge >= 0.3 is 0 Å². The van der Waals surface area contributed by atoms with Crippen molar-refractivity contribution in [2.24, 2.45) is 0 Å². The van der Waals surface area contributed by atoms with Gasteiger partial charge in [-0.15, -0.1) is 0 Å². The van der Waals surface area contributed by atoms with E-state index >= 15 is 0 Å². The van der Waals surface area contributed by atoms with Gasteiger partial charge in [-0.25, -0.2) is 0 Å². The number of aryl methyl sites for hydroxylation is 1. The van der Waals surface area contributed by atoms with E-state index in [0.29, 0.717) is 28.2 Å². The zero-order chi connectivity index (χ0) is 21.8. The highest BCUT2D eigenvalue weighted by molar-refractivity contribution is 7.86. The van der Waals surface area contributed by atoms with Crippen molar-refractivity contribution < 1.29 is 30.4 Å². The quantitative estimate of drug-likeness (QED) is 0.361. The molecule has 0 saturated carbocycles. The molecule has 8 nitrogen and oxygen atoms in total. The Labute approximate surface area is 171 Å². The predicted molar refractivity (Wildman–Crippen MR) is 109 cm³/mol. The van der Waals surface area contributed by atoms with Gasteiger partial charge in [0.25, 0.3) is 20.2 Å². The Morgan fingerprint density at radius 2 is 1.50 bits per heavy atom. The van der Waals surface area contributed by atoms with Gasteiger partial charge < -0.3 is 4.42 Å². The van der Waals surface area contributed by atoms with E-state index in [1.807, 2.05) is 6.92 Å². The second kappa shape index (κ2) is 6.74. The summed E-state index contributed by atoms with van der Waals surface area (Å²) in [6.45, 7) is 1.83. The molecule has 0 spiro atoms. The minimum Gasteiger partial charge on any atom is -0.456 e. The van der Waals surface area contributed by atoms with Gasteiger partial charge in [0.05, 0.1) is 4.90 Å². The minimum absolute atomic E-state index is 0.0156. The van der Waals surface area contributed by atoms with Gasteiger partial charge in [-0.2, -0.15) is 16.8 Å². The molecule has 0 radical (unpaired) electrons. The molecule has 0 aromatic heterocycles. The maximum atomic E-state index is 12.1. The molecule has 1 aliphatic heterocycles. The SMILES string of the molecule is Cc1ccc2c(-c3ccc(S(=O)(=O)O)cc3S(=O)(=O)O)c3ccc(=O)cc-3oc2c1. The van der Waals surface area contributed by atoms with Crippen LogP contribution in [0.4, 0.5) is 0 Å². The number of benzene rings is 3. The third kappa shape index (κ3) is 3.50. The second-order valence-electron chi connectivity index (χ2n) is 6.74. The van der Waals surface area contributed by atoms with E-state index < -0.39 is 30.0 Å². The minimum atomic E-state index is -4.89. The van der Waals surface area contributed by atoms with E-state index in [-0.39, 0.29) is 16.8 Å². The number of hydrogen-bond acceptors (Lipinski definition) is 6. The smallest absolute Gasteiger partial charge is 0.295 e. The van der Waals surface area contributed by atoms with Crippen LogP contribution in [-0.2, 0) is 20.2 Å². The molecule has 1 aliphatic carbocycles. The van der Waals surface area contributed by atoms with E-state index in [9.17, 15) is 30.7 Å². The van der Waals surface area contributed by atoms with Crippen LogP contribution in [0, 0.1) is 6.92 Å². The van der Waals surface area contributed by atoms with Gasteiger partial charge in [0.15, 0.2) is 5.43 Å². The van der Waals surface area contributed by atoms with Crippen LogP contribution in [-0.4, -0.2) is 25.9 Å². The average Bonchev–Trinajstić information content (AvgIpc) is 2.64. The summed E-state index contributed by atoms with van der Waals surface area (Å²) in [5.74, 6) is 0.191. The first-order chi connectivity index (χ1) is 13.9.